The summed E-state index contributed by atoms with van der Waals surface area (Å²) in [6, 6.07) is 15.3. The van der Waals surface area contributed by atoms with Gasteiger partial charge in [0.1, 0.15) is 11.4 Å². The number of carbonyl (C=O) groups is 2. The second-order valence-electron chi connectivity index (χ2n) is 10.7. The molecule has 2 N–H and O–H groups in total. The first kappa shape index (κ1) is 29.0. The SMILES string of the molecule is CC(C)(C)NC(=O)c1ncccc1CCc1cccc(Cl)c1.Cc1cccnc1C(=O)NC(C)(C)C. The molecule has 0 fully saturated rings. The van der Waals surface area contributed by atoms with E-state index in [1.54, 1.807) is 12.4 Å². The Morgan fingerprint density at radius 1 is 0.778 bits per heavy atom. The van der Waals surface area contributed by atoms with Crippen LogP contribution in [0.5, 0.6) is 0 Å². The largest absolute Gasteiger partial charge is 0.346 e. The van der Waals surface area contributed by atoms with Gasteiger partial charge in [-0.05, 0) is 102 Å². The van der Waals surface area contributed by atoms with E-state index in [4.69, 9.17) is 11.6 Å². The van der Waals surface area contributed by atoms with Gasteiger partial charge in [-0.15, -0.1) is 0 Å². The summed E-state index contributed by atoms with van der Waals surface area (Å²) < 4.78 is 0. The number of halogens is 1. The molecule has 36 heavy (non-hydrogen) atoms. The van der Waals surface area contributed by atoms with Gasteiger partial charge in [-0.1, -0.05) is 35.9 Å². The Morgan fingerprint density at radius 2 is 1.33 bits per heavy atom. The summed E-state index contributed by atoms with van der Waals surface area (Å²) in [5.41, 5.74) is 3.50. The van der Waals surface area contributed by atoms with Gasteiger partial charge in [0.15, 0.2) is 0 Å². The Kier molecular flexibility index (Phi) is 10.2. The van der Waals surface area contributed by atoms with Crippen molar-refractivity contribution < 1.29 is 9.59 Å². The van der Waals surface area contributed by atoms with Gasteiger partial charge in [-0.25, -0.2) is 0 Å². The van der Waals surface area contributed by atoms with Crippen LogP contribution in [0.25, 0.3) is 0 Å². The molecular weight excluding hydrogens is 472 g/mol. The van der Waals surface area contributed by atoms with Crippen LogP contribution in [-0.4, -0.2) is 32.9 Å². The molecule has 2 amide bonds. The topological polar surface area (TPSA) is 84.0 Å². The highest BCUT2D eigenvalue weighted by Crippen LogP contribution is 2.15. The number of hydrogen-bond donors (Lipinski definition) is 2. The molecule has 0 spiro atoms. The third kappa shape index (κ3) is 10.2. The zero-order valence-electron chi connectivity index (χ0n) is 22.3. The fourth-order valence-corrected chi connectivity index (χ4v) is 3.55. The third-order valence-corrected chi connectivity index (χ3v) is 5.12. The monoisotopic (exact) mass is 508 g/mol. The van der Waals surface area contributed by atoms with Crippen molar-refractivity contribution in [3.63, 3.8) is 0 Å². The first-order valence-corrected chi connectivity index (χ1v) is 12.4. The smallest absolute Gasteiger partial charge is 0.270 e. The Morgan fingerprint density at radius 3 is 1.89 bits per heavy atom. The highest BCUT2D eigenvalue weighted by atomic mass is 35.5. The molecular formula is C29H37ClN4O2. The van der Waals surface area contributed by atoms with Crippen LogP contribution in [0.3, 0.4) is 0 Å². The van der Waals surface area contributed by atoms with Gasteiger partial charge in [-0.3, -0.25) is 19.6 Å². The van der Waals surface area contributed by atoms with E-state index >= 15 is 0 Å². The van der Waals surface area contributed by atoms with E-state index in [-0.39, 0.29) is 22.9 Å². The molecule has 0 bridgehead atoms. The van der Waals surface area contributed by atoms with Gasteiger partial charge in [-0.2, -0.15) is 0 Å². The fourth-order valence-electron chi connectivity index (χ4n) is 3.34. The van der Waals surface area contributed by atoms with Crippen LogP contribution in [0, 0.1) is 6.92 Å². The molecule has 2 heterocycles. The number of pyridine rings is 2. The molecule has 0 saturated heterocycles. The first-order chi connectivity index (χ1) is 16.7. The van der Waals surface area contributed by atoms with E-state index in [1.807, 2.05) is 97.0 Å². The summed E-state index contributed by atoms with van der Waals surface area (Å²) in [5, 5.41) is 6.57. The molecule has 0 unspecified atom stereocenters. The molecule has 7 heteroatoms. The minimum absolute atomic E-state index is 0.115. The number of hydrogen-bond acceptors (Lipinski definition) is 4. The summed E-state index contributed by atoms with van der Waals surface area (Å²) in [6.45, 7) is 13.6. The van der Waals surface area contributed by atoms with Crippen molar-refractivity contribution >= 4 is 23.4 Å². The maximum atomic E-state index is 12.4. The number of nitrogens with zero attached hydrogens (tertiary/aromatic N) is 2. The van der Waals surface area contributed by atoms with Crippen LogP contribution >= 0.6 is 11.6 Å². The normalized spacial score (nSPS) is 11.2. The van der Waals surface area contributed by atoms with Crippen LogP contribution in [0.1, 0.15) is 79.2 Å². The summed E-state index contributed by atoms with van der Waals surface area (Å²) >= 11 is 6.00. The summed E-state index contributed by atoms with van der Waals surface area (Å²) in [6.07, 6.45) is 4.86. The lowest BCUT2D eigenvalue weighted by Crippen LogP contribution is -2.41. The predicted octanol–water partition coefficient (Wildman–Crippen LogP) is 5.97. The number of benzene rings is 1. The Bertz CT molecular complexity index is 1180. The van der Waals surface area contributed by atoms with Gasteiger partial charge in [0, 0.05) is 28.5 Å². The quantitative estimate of drug-likeness (QED) is 0.445. The van der Waals surface area contributed by atoms with E-state index in [1.165, 1.54) is 0 Å². The molecule has 0 atom stereocenters. The van der Waals surface area contributed by atoms with Crippen molar-refractivity contribution in [1.29, 1.82) is 0 Å². The lowest BCUT2D eigenvalue weighted by Gasteiger charge is -2.21. The number of amides is 2. The molecule has 2 aromatic heterocycles. The molecule has 6 nitrogen and oxygen atoms in total. The minimum Gasteiger partial charge on any atom is -0.346 e. The van der Waals surface area contributed by atoms with Crippen LogP contribution < -0.4 is 10.6 Å². The second-order valence-corrected chi connectivity index (χ2v) is 11.2. The van der Waals surface area contributed by atoms with Crippen LogP contribution in [0.4, 0.5) is 0 Å². The van der Waals surface area contributed by atoms with Gasteiger partial charge in [0.05, 0.1) is 0 Å². The Labute approximate surface area is 219 Å². The molecule has 0 radical (unpaired) electrons. The van der Waals surface area contributed by atoms with E-state index in [2.05, 4.69) is 20.6 Å². The number of aryl methyl sites for hydroxylation is 3. The Balaban J connectivity index is 0.000000281. The zero-order chi connectivity index (χ0) is 26.9. The van der Waals surface area contributed by atoms with E-state index in [9.17, 15) is 9.59 Å². The van der Waals surface area contributed by atoms with E-state index < -0.39 is 0 Å². The molecule has 0 aliphatic carbocycles. The van der Waals surface area contributed by atoms with Crippen LogP contribution in [0.2, 0.25) is 5.02 Å². The molecule has 0 aliphatic rings. The average Bonchev–Trinajstić information content (AvgIpc) is 2.76. The highest BCUT2D eigenvalue weighted by molar-refractivity contribution is 6.30. The number of rotatable bonds is 5. The first-order valence-electron chi connectivity index (χ1n) is 12.0. The standard InChI is InChI=1S/C18H21ClN2O.C11H16N2O/c1-18(2,3)21-17(22)16-14(7-5-11-20-16)10-9-13-6-4-8-15(19)12-13;1-8-6-5-7-12-9(8)10(14)13-11(2,3)4/h4-8,11-12H,9-10H2,1-3H3,(H,21,22);5-7H,1-4H3,(H,13,14). The van der Waals surface area contributed by atoms with Crippen molar-refractivity contribution in [2.24, 2.45) is 0 Å². The fraction of sp³-hybridized carbons (Fsp3) is 0.379. The van der Waals surface area contributed by atoms with Crippen molar-refractivity contribution in [3.05, 3.63) is 94.0 Å². The van der Waals surface area contributed by atoms with Crippen LogP contribution in [0.15, 0.2) is 60.9 Å². The van der Waals surface area contributed by atoms with Gasteiger partial charge in [0.2, 0.25) is 0 Å². The molecule has 192 valence electrons. The molecule has 0 aliphatic heterocycles. The Hall–Kier alpha value is -3.25. The molecule has 1 aromatic carbocycles. The molecule has 0 saturated carbocycles. The van der Waals surface area contributed by atoms with Gasteiger partial charge in [0.25, 0.3) is 11.8 Å². The molecule has 3 rings (SSSR count). The van der Waals surface area contributed by atoms with E-state index in [0.29, 0.717) is 11.4 Å². The van der Waals surface area contributed by atoms with E-state index in [0.717, 1.165) is 34.6 Å². The third-order valence-electron chi connectivity index (χ3n) is 4.88. The van der Waals surface area contributed by atoms with Gasteiger partial charge < -0.3 is 10.6 Å². The van der Waals surface area contributed by atoms with Gasteiger partial charge >= 0.3 is 0 Å². The van der Waals surface area contributed by atoms with Crippen molar-refractivity contribution in [2.75, 3.05) is 0 Å². The maximum Gasteiger partial charge on any atom is 0.270 e. The van der Waals surface area contributed by atoms with Crippen molar-refractivity contribution in [3.8, 4) is 0 Å². The number of carbonyl (C=O) groups excluding carboxylic acids is 2. The second kappa shape index (κ2) is 12.6. The summed E-state index contributed by atoms with van der Waals surface area (Å²) in [4.78, 5) is 32.4. The number of aromatic nitrogens is 2. The lowest BCUT2D eigenvalue weighted by atomic mass is 10.0. The van der Waals surface area contributed by atoms with Crippen LogP contribution in [-0.2, 0) is 12.8 Å². The highest BCUT2D eigenvalue weighted by Gasteiger charge is 2.19. The summed E-state index contributed by atoms with van der Waals surface area (Å²) in [5.74, 6) is -0.246. The maximum absolute atomic E-state index is 12.4. The van der Waals surface area contributed by atoms with Crippen molar-refractivity contribution in [2.45, 2.75) is 72.4 Å². The lowest BCUT2D eigenvalue weighted by molar-refractivity contribution is 0.0904. The predicted molar refractivity (Wildman–Crippen MR) is 147 cm³/mol. The summed E-state index contributed by atoms with van der Waals surface area (Å²) in [7, 11) is 0. The molecule has 3 aromatic rings. The number of nitrogens with one attached hydrogen (secondary N) is 2. The minimum atomic E-state index is -0.279. The zero-order valence-corrected chi connectivity index (χ0v) is 23.0. The van der Waals surface area contributed by atoms with Crippen molar-refractivity contribution in [1.82, 2.24) is 20.6 Å². The average molecular weight is 509 g/mol.